The molecule has 166 valence electrons. The highest BCUT2D eigenvalue weighted by Crippen LogP contribution is 2.46. The molecule has 9 nitrogen and oxygen atoms in total. The second-order valence-electron chi connectivity index (χ2n) is 7.54. The molecule has 1 aliphatic heterocycles. The highest BCUT2D eigenvalue weighted by Gasteiger charge is 2.49. The monoisotopic (exact) mass is 437 g/mol. The number of hydrogen-bond acceptors (Lipinski definition) is 7. The van der Waals surface area contributed by atoms with Gasteiger partial charge in [0.1, 0.15) is 29.1 Å². The average molecular weight is 437 g/mol. The summed E-state index contributed by atoms with van der Waals surface area (Å²) in [5.74, 6) is -0.416. The number of ketones is 1. The number of aliphatic hydroxyl groups is 1. The molecule has 0 saturated carbocycles. The molecule has 32 heavy (non-hydrogen) atoms. The largest absolute Gasteiger partial charge is 0.507 e. The fourth-order valence-electron chi connectivity index (χ4n) is 4.04. The molecule has 1 saturated heterocycles. The first-order chi connectivity index (χ1) is 15.3. The van der Waals surface area contributed by atoms with Crippen LogP contribution >= 0.6 is 0 Å². The number of nitrogens with zero attached hydrogens (tertiary/aromatic N) is 2. The molecule has 9 heteroatoms. The number of aliphatic hydroxyl groups excluding tert-OH is 1. The number of methoxy groups -OCH3 is 2. The summed E-state index contributed by atoms with van der Waals surface area (Å²) in [6, 6.07) is 5.58. The van der Waals surface area contributed by atoms with E-state index >= 15 is 0 Å². The first kappa shape index (κ1) is 21.2. The third-order valence-electron chi connectivity index (χ3n) is 5.55. The summed E-state index contributed by atoms with van der Waals surface area (Å²) < 4.78 is 16.0. The van der Waals surface area contributed by atoms with E-state index in [0.29, 0.717) is 34.1 Å². The normalized spacial score (nSPS) is 17.8. The minimum Gasteiger partial charge on any atom is -0.507 e. The quantitative estimate of drug-likeness (QED) is 0.356. The second-order valence-corrected chi connectivity index (χ2v) is 7.54. The van der Waals surface area contributed by atoms with Crippen molar-refractivity contribution in [1.82, 2.24) is 10.1 Å². The van der Waals surface area contributed by atoms with E-state index in [9.17, 15) is 14.7 Å². The Labute approximate surface area is 184 Å². The van der Waals surface area contributed by atoms with Crippen LogP contribution in [0.2, 0.25) is 0 Å². The van der Waals surface area contributed by atoms with E-state index in [2.05, 4.69) is 10.1 Å². The SMILES string of the molecule is COc1ccc(OC)c(C2/C(=C(\O)c3c(C)c[nH]c3C)C(=O)C(=O)N2c2cc(C)on2)c1. The molecular weight excluding hydrogens is 414 g/mol. The van der Waals surface area contributed by atoms with Crippen LogP contribution in [0.4, 0.5) is 5.82 Å². The van der Waals surface area contributed by atoms with Crippen LogP contribution in [0, 0.1) is 20.8 Å². The third kappa shape index (κ3) is 3.22. The van der Waals surface area contributed by atoms with Gasteiger partial charge in [0.25, 0.3) is 5.78 Å². The first-order valence-corrected chi connectivity index (χ1v) is 9.89. The summed E-state index contributed by atoms with van der Waals surface area (Å²) in [6.45, 7) is 5.26. The van der Waals surface area contributed by atoms with Gasteiger partial charge >= 0.3 is 5.91 Å². The number of aromatic nitrogens is 2. The highest BCUT2D eigenvalue weighted by molar-refractivity contribution is 6.51. The van der Waals surface area contributed by atoms with Crippen molar-refractivity contribution < 1.29 is 28.7 Å². The zero-order chi connectivity index (χ0) is 23.2. The van der Waals surface area contributed by atoms with Crippen molar-refractivity contribution in [3.63, 3.8) is 0 Å². The molecule has 4 rings (SSSR count). The van der Waals surface area contributed by atoms with Crippen LogP contribution < -0.4 is 14.4 Å². The molecule has 2 N–H and O–H groups in total. The Morgan fingerprint density at radius 3 is 2.47 bits per heavy atom. The molecule has 1 aromatic carbocycles. The molecule has 1 atom stereocenters. The van der Waals surface area contributed by atoms with Crippen molar-refractivity contribution in [2.75, 3.05) is 19.1 Å². The predicted octanol–water partition coefficient (Wildman–Crippen LogP) is 3.57. The van der Waals surface area contributed by atoms with E-state index in [1.165, 1.54) is 19.1 Å². The molecule has 3 heterocycles. The van der Waals surface area contributed by atoms with Gasteiger partial charge in [-0.05, 0) is 44.5 Å². The van der Waals surface area contributed by atoms with Crippen molar-refractivity contribution in [1.29, 1.82) is 0 Å². The number of anilines is 1. The predicted molar refractivity (Wildman–Crippen MR) is 116 cm³/mol. The lowest BCUT2D eigenvalue weighted by Crippen LogP contribution is -2.30. The zero-order valence-electron chi connectivity index (χ0n) is 18.3. The molecule has 3 aromatic rings. The van der Waals surface area contributed by atoms with Crippen LogP contribution in [0.1, 0.15) is 34.2 Å². The van der Waals surface area contributed by atoms with Gasteiger partial charge in [-0.15, -0.1) is 0 Å². The summed E-state index contributed by atoms with van der Waals surface area (Å²) in [6.07, 6.45) is 1.72. The lowest BCUT2D eigenvalue weighted by molar-refractivity contribution is -0.132. The molecule has 1 amide bonds. The minimum absolute atomic E-state index is 0.0759. The highest BCUT2D eigenvalue weighted by atomic mass is 16.5. The third-order valence-corrected chi connectivity index (χ3v) is 5.55. The number of carbonyl (C=O) groups excluding carboxylic acids is 2. The van der Waals surface area contributed by atoms with Crippen LogP contribution in [0.3, 0.4) is 0 Å². The summed E-state index contributed by atoms with van der Waals surface area (Å²) in [7, 11) is 2.99. The maximum Gasteiger partial charge on any atom is 0.301 e. The van der Waals surface area contributed by atoms with Crippen molar-refractivity contribution in [2.24, 2.45) is 0 Å². The molecule has 0 radical (unpaired) electrons. The van der Waals surface area contributed by atoms with Gasteiger partial charge < -0.3 is 24.1 Å². The van der Waals surface area contributed by atoms with Crippen LogP contribution in [0.15, 0.2) is 40.6 Å². The van der Waals surface area contributed by atoms with E-state index in [-0.39, 0.29) is 17.2 Å². The van der Waals surface area contributed by atoms with Crippen molar-refractivity contribution in [3.05, 3.63) is 64.2 Å². The van der Waals surface area contributed by atoms with Crippen molar-refractivity contribution in [3.8, 4) is 11.5 Å². The Hall–Kier alpha value is -4.01. The zero-order valence-corrected chi connectivity index (χ0v) is 18.3. The number of nitrogens with one attached hydrogen (secondary N) is 1. The fourth-order valence-corrected chi connectivity index (χ4v) is 4.04. The Morgan fingerprint density at radius 1 is 1.16 bits per heavy atom. The Kier molecular flexibility index (Phi) is 5.25. The summed E-state index contributed by atoms with van der Waals surface area (Å²) in [4.78, 5) is 30.7. The number of amides is 1. The molecule has 0 spiro atoms. The van der Waals surface area contributed by atoms with Crippen LogP contribution in [0.25, 0.3) is 5.76 Å². The summed E-state index contributed by atoms with van der Waals surface area (Å²) >= 11 is 0. The average Bonchev–Trinajstić information content (AvgIpc) is 3.43. The van der Waals surface area contributed by atoms with Crippen LogP contribution in [0.5, 0.6) is 11.5 Å². The Morgan fingerprint density at radius 2 is 1.91 bits per heavy atom. The van der Waals surface area contributed by atoms with E-state index in [4.69, 9.17) is 14.0 Å². The molecule has 1 fully saturated rings. The lowest BCUT2D eigenvalue weighted by atomic mass is 9.93. The number of H-pyrrole nitrogens is 1. The van der Waals surface area contributed by atoms with Crippen LogP contribution in [-0.4, -0.2) is 41.2 Å². The van der Waals surface area contributed by atoms with E-state index in [1.54, 1.807) is 51.2 Å². The molecule has 0 bridgehead atoms. The van der Waals surface area contributed by atoms with Gasteiger partial charge in [0.2, 0.25) is 0 Å². The number of ether oxygens (including phenoxy) is 2. The van der Waals surface area contributed by atoms with Crippen LogP contribution in [-0.2, 0) is 9.59 Å². The van der Waals surface area contributed by atoms with Gasteiger partial charge in [0, 0.05) is 29.1 Å². The van der Waals surface area contributed by atoms with Gasteiger partial charge in [0.15, 0.2) is 5.82 Å². The van der Waals surface area contributed by atoms with E-state index in [0.717, 1.165) is 5.56 Å². The maximum atomic E-state index is 13.2. The molecule has 0 aliphatic carbocycles. The maximum absolute atomic E-state index is 13.2. The van der Waals surface area contributed by atoms with E-state index < -0.39 is 17.7 Å². The fraction of sp³-hybridized carbons (Fsp3) is 0.261. The Balaban J connectivity index is 2.04. The van der Waals surface area contributed by atoms with Gasteiger partial charge in [0.05, 0.1) is 19.8 Å². The van der Waals surface area contributed by atoms with Crippen molar-refractivity contribution in [2.45, 2.75) is 26.8 Å². The molecule has 2 aromatic heterocycles. The lowest BCUT2D eigenvalue weighted by Gasteiger charge is -2.25. The van der Waals surface area contributed by atoms with Gasteiger partial charge in [-0.2, -0.15) is 0 Å². The number of benzene rings is 1. The number of Topliss-reactive ketones (excluding diaryl/α,β-unsaturated/α-hetero) is 1. The topological polar surface area (TPSA) is 118 Å². The van der Waals surface area contributed by atoms with Gasteiger partial charge in [-0.25, -0.2) is 0 Å². The molecule has 1 unspecified atom stereocenters. The second kappa shape index (κ2) is 7.92. The Bertz CT molecular complexity index is 1230. The standard InChI is InChI=1S/C23H23N3O6/c1-11-10-24-13(3)18(11)21(27)19-20(15-9-14(30-4)6-7-16(15)31-5)26(23(29)22(19)28)17-8-12(2)32-25-17/h6-10,20,24,27H,1-5H3/b21-19+. The summed E-state index contributed by atoms with van der Waals surface area (Å²) in [5.41, 5.74) is 2.25. The minimum atomic E-state index is -1.02. The summed E-state index contributed by atoms with van der Waals surface area (Å²) in [5, 5.41) is 15.2. The number of carbonyl (C=O) groups is 2. The number of rotatable bonds is 5. The first-order valence-electron chi connectivity index (χ1n) is 9.89. The van der Waals surface area contributed by atoms with Gasteiger partial charge in [-0.3, -0.25) is 14.5 Å². The smallest absolute Gasteiger partial charge is 0.301 e. The van der Waals surface area contributed by atoms with E-state index in [1.807, 2.05) is 0 Å². The number of hydrogen-bond donors (Lipinski definition) is 2. The van der Waals surface area contributed by atoms with Gasteiger partial charge in [-0.1, -0.05) is 5.16 Å². The molecular formula is C23H23N3O6. The van der Waals surface area contributed by atoms with Crippen molar-refractivity contribution >= 4 is 23.3 Å². The number of aryl methyl sites for hydroxylation is 3. The molecule has 1 aliphatic rings. The number of aromatic amines is 1.